The average Bonchev–Trinajstić information content (AvgIpc) is 2.81. The molecule has 2 aromatic heterocycles. The van der Waals surface area contributed by atoms with Crippen LogP contribution in [0.3, 0.4) is 0 Å². The van der Waals surface area contributed by atoms with Crippen molar-refractivity contribution in [2.75, 3.05) is 0 Å². The van der Waals surface area contributed by atoms with Gasteiger partial charge in [0.1, 0.15) is 0 Å². The van der Waals surface area contributed by atoms with Crippen molar-refractivity contribution >= 4 is 18.4 Å². The third kappa shape index (κ3) is 3.14. The highest BCUT2D eigenvalue weighted by Crippen LogP contribution is 2.20. The summed E-state index contributed by atoms with van der Waals surface area (Å²) >= 11 is 5.21. The van der Waals surface area contributed by atoms with E-state index in [1.165, 1.54) is 0 Å². The molecule has 19 heavy (non-hydrogen) atoms. The Bertz CT molecular complexity index is 595. The second-order valence-electron chi connectivity index (χ2n) is 4.21. The molecule has 2 heterocycles. The lowest BCUT2D eigenvalue weighted by Gasteiger charge is -2.10. The zero-order chi connectivity index (χ0) is 13.7. The smallest absolute Gasteiger partial charge is 0.216 e. The first-order valence-corrected chi connectivity index (χ1v) is 6.79. The van der Waals surface area contributed by atoms with Crippen molar-refractivity contribution in [1.29, 1.82) is 0 Å². The van der Waals surface area contributed by atoms with Crippen LogP contribution in [0.15, 0.2) is 29.5 Å². The topological polar surface area (TPSA) is 58.9 Å². The van der Waals surface area contributed by atoms with Gasteiger partial charge in [-0.25, -0.2) is 0 Å². The monoisotopic (exact) mass is 275 g/mol. The predicted molar refractivity (Wildman–Crippen MR) is 78.0 cm³/mol. The van der Waals surface area contributed by atoms with Gasteiger partial charge in [0, 0.05) is 12.1 Å². The third-order valence-electron chi connectivity index (χ3n) is 3.02. The van der Waals surface area contributed by atoms with Gasteiger partial charge < -0.3 is 0 Å². The van der Waals surface area contributed by atoms with Crippen molar-refractivity contribution < 1.29 is 0 Å². The fraction of sp³-hybridized carbons (Fsp3) is 0.385. The minimum atomic E-state index is 0.355. The summed E-state index contributed by atoms with van der Waals surface area (Å²) < 4.78 is 2.19. The molecule has 0 bridgehead atoms. The highest BCUT2D eigenvalue weighted by molar-refractivity contribution is 7.71. The first-order valence-electron chi connectivity index (χ1n) is 6.39. The van der Waals surface area contributed by atoms with Crippen LogP contribution in [0.25, 0.3) is 0 Å². The van der Waals surface area contributed by atoms with Gasteiger partial charge in [-0.05, 0) is 37.2 Å². The number of hydrogen-bond acceptors (Lipinski definition) is 4. The van der Waals surface area contributed by atoms with Crippen LogP contribution in [-0.2, 0) is 0 Å². The number of rotatable bonds is 5. The maximum Gasteiger partial charge on any atom is 0.216 e. The van der Waals surface area contributed by atoms with E-state index in [-0.39, 0.29) is 0 Å². The highest BCUT2D eigenvalue weighted by Gasteiger charge is 2.14. The zero-order valence-electron chi connectivity index (χ0n) is 11.1. The standard InChI is InChI=1S/C13H17N5S/c1-3-10(4-2)12-16-17-13(19)18(12)15-9-11-7-5-6-8-14-11/h5-10H,3-4H2,1-2H3,(H,17,19)/b15-9-. The normalized spacial score (nSPS) is 11.5. The molecule has 5 nitrogen and oxygen atoms in total. The summed E-state index contributed by atoms with van der Waals surface area (Å²) in [5, 5.41) is 11.5. The molecule has 0 fully saturated rings. The number of aromatic amines is 1. The van der Waals surface area contributed by atoms with E-state index >= 15 is 0 Å². The molecule has 0 aliphatic heterocycles. The Labute approximate surface area is 117 Å². The van der Waals surface area contributed by atoms with E-state index in [9.17, 15) is 0 Å². The highest BCUT2D eigenvalue weighted by atomic mass is 32.1. The summed E-state index contributed by atoms with van der Waals surface area (Å²) in [5.74, 6) is 1.23. The maximum absolute atomic E-state index is 5.21. The quantitative estimate of drug-likeness (QED) is 0.673. The molecule has 0 unspecified atom stereocenters. The van der Waals surface area contributed by atoms with Crippen LogP contribution in [0.4, 0.5) is 0 Å². The third-order valence-corrected chi connectivity index (χ3v) is 3.28. The lowest BCUT2D eigenvalue weighted by Crippen LogP contribution is -2.05. The van der Waals surface area contributed by atoms with Crippen molar-refractivity contribution in [3.8, 4) is 0 Å². The Morgan fingerprint density at radius 1 is 1.42 bits per heavy atom. The summed E-state index contributed by atoms with van der Waals surface area (Å²) in [4.78, 5) is 4.20. The molecule has 0 atom stereocenters. The Morgan fingerprint density at radius 3 is 2.84 bits per heavy atom. The Hall–Kier alpha value is -1.82. The van der Waals surface area contributed by atoms with Crippen LogP contribution in [0.5, 0.6) is 0 Å². The van der Waals surface area contributed by atoms with Crippen LogP contribution in [0, 0.1) is 4.77 Å². The number of pyridine rings is 1. The molecule has 2 rings (SSSR count). The molecule has 0 aliphatic carbocycles. The molecular weight excluding hydrogens is 258 g/mol. The van der Waals surface area contributed by atoms with Crippen LogP contribution in [0.1, 0.15) is 44.1 Å². The van der Waals surface area contributed by atoms with E-state index in [2.05, 4.69) is 34.1 Å². The molecular formula is C13H17N5S. The lowest BCUT2D eigenvalue weighted by molar-refractivity contribution is 0.571. The van der Waals surface area contributed by atoms with Gasteiger partial charge in [0.2, 0.25) is 4.77 Å². The van der Waals surface area contributed by atoms with Gasteiger partial charge in [0.15, 0.2) is 5.82 Å². The van der Waals surface area contributed by atoms with Crippen LogP contribution < -0.4 is 0 Å². The van der Waals surface area contributed by atoms with E-state index in [0.29, 0.717) is 10.7 Å². The summed E-state index contributed by atoms with van der Waals surface area (Å²) in [6.07, 6.45) is 5.44. The second-order valence-corrected chi connectivity index (χ2v) is 4.60. The summed E-state index contributed by atoms with van der Waals surface area (Å²) in [6.45, 7) is 4.28. The van der Waals surface area contributed by atoms with Crippen molar-refractivity contribution in [3.63, 3.8) is 0 Å². The number of aromatic nitrogens is 4. The van der Waals surface area contributed by atoms with Gasteiger partial charge in [0.25, 0.3) is 0 Å². The van der Waals surface area contributed by atoms with Crippen molar-refractivity contribution in [3.05, 3.63) is 40.7 Å². The van der Waals surface area contributed by atoms with Crippen LogP contribution in [-0.4, -0.2) is 26.1 Å². The van der Waals surface area contributed by atoms with E-state index in [0.717, 1.165) is 24.4 Å². The molecule has 0 radical (unpaired) electrons. The van der Waals surface area contributed by atoms with E-state index in [1.807, 2.05) is 18.2 Å². The molecule has 100 valence electrons. The Kier molecular flexibility index (Phi) is 4.57. The van der Waals surface area contributed by atoms with E-state index < -0.39 is 0 Å². The largest absolute Gasteiger partial charge is 0.255 e. The number of nitrogens with one attached hydrogen (secondary N) is 1. The molecule has 1 N–H and O–H groups in total. The first-order chi connectivity index (χ1) is 9.26. The first kappa shape index (κ1) is 13.6. The minimum Gasteiger partial charge on any atom is -0.255 e. The van der Waals surface area contributed by atoms with Crippen LogP contribution in [0.2, 0.25) is 0 Å². The second kappa shape index (κ2) is 6.38. The number of nitrogens with zero attached hydrogens (tertiary/aromatic N) is 4. The van der Waals surface area contributed by atoms with Gasteiger partial charge in [-0.1, -0.05) is 19.9 Å². The summed E-state index contributed by atoms with van der Waals surface area (Å²) in [5.41, 5.74) is 0.793. The fourth-order valence-corrected chi connectivity index (χ4v) is 2.09. The van der Waals surface area contributed by atoms with Crippen LogP contribution >= 0.6 is 12.2 Å². The molecule has 0 saturated heterocycles. The SMILES string of the molecule is CCC(CC)c1n[nH]c(=S)n1/N=C\c1ccccn1. The van der Waals surface area contributed by atoms with Gasteiger partial charge in [-0.15, -0.1) is 0 Å². The molecule has 0 aromatic carbocycles. The molecule has 0 amide bonds. The Morgan fingerprint density at radius 2 is 2.21 bits per heavy atom. The molecule has 6 heteroatoms. The van der Waals surface area contributed by atoms with Gasteiger partial charge in [-0.2, -0.15) is 14.9 Å². The van der Waals surface area contributed by atoms with Crippen molar-refractivity contribution in [1.82, 2.24) is 19.9 Å². The van der Waals surface area contributed by atoms with E-state index in [4.69, 9.17) is 12.2 Å². The molecule has 0 saturated carbocycles. The Balaban J connectivity index is 2.32. The van der Waals surface area contributed by atoms with Crippen molar-refractivity contribution in [2.45, 2.75) is 32.6 Å². The number of hydrogen-bond donors (Lipinski definition) is 1. The average molecular weight is 275 g/mol. The van der Waals surface area contributed by atoms with Crippen molar-refractivity contribution in [2.24, 2.45) is 5.10 Å². The summed E-state index contributed by atoms with van der Waals surface area (Å²) in [7, 11) is 0. The molecule has 0 aliphatic rings. The zero-order valence-corrected chi connectivity index (χ0v) is 11.9. The molecule has 2 aromatic rings. The molecule has 0 spiro atoms. The maximum atomic E-state index is 5.21. The predicted octanol–water partition coefficient (Wildman–Crippen LogP) is 3.12. The number of H-pyrrole nitrogens is 1. The minimum absolute atomic E-state index is 0.355. The van der Waals surface area contributed by atoms with E-state index in [1.54, 1.807) is 17.1 Å². The fourth-order valence-electron chi connectivity index (χ4n) is 1.90. The van der Waals surface area contributed by atoms with Gasteiger partial charge >= 0.3 is 0 Å². The summed E-state index contributed by atoms with van der Waals surface area (Å²) in [6, 6.07) is 5.69. The lowest BCUT2D eigenvalue weighted by atomic mass is 10.0. The van der Waals surface area contributed by atoms with Gasteiger partial charge in [0.05, 0.1) is 11.9 Å². The van der Waals surface area contributed by atoms with Gasteiger partial charge in [-0.3, -0.25) is 10.1 Å².